The topological polar surface area (TPSA) is 79.1 Å². The van der Waals surface area contributed by atoms with E-state index in [4.69, 9.17) is 9.47 Å². The van der Waals surface area contributed by atoms with Crippen LogP contribution in [-0.4, -0.2) is 45.0 Å². The Hall–Kier alpha value is -2.12. The molecular weight excluding hydrogens is 260 g/mol. The minimum atomic E-state index is -0.701. The van der Waals surface area contributed by atoms with E-state index in [1.165, 1.54) is 0 Å². The molecule has 2 aliphatic heterocycles. The number of carbonyl (C=O) groups is 1. The van der Waals surface area contributed by atoms with E-state index in [0.29, 0.717) is 18.9 Å². The van der Waals surface area contributed by atoms with Crippen LogP contribution in [0.15, 0.2) is 30.3 Å². The Kier molecular flexibility index (Phi) is 2.61. The molecule has 7 heteroatoms. The molecule has 0 saturated carbocycles. The summed E-state index contributed by atoms with van der Waals surface area (Å²) in [5.41, 5.74) is 0.908. The average molecular weight is 272 g/mol. The first-order valence-electron chi connectivity index (χ1n) is 6.46. The monoisotopic (exact) mass is 272 g/mol. The second-order valence-corrected chi connectivity index (χ2v) is 4.89. The van der Waals surface area contributed by atoms with Gasteiger partial charge < -0.3 is 9.47 Å². The third kappa shape index (κ3) is 1.75. The second kappa shape index (κ2) is 4.46. The van der Waals surface area contributed by atoms with Crippen LogP contribution in [0.5, 0.6) is 0 Å². The number of hydrogen-bond donors (Lipinski definition) is 0. The first kappa shape index (κ1) is 11.7. The van der Waals surface area contributed by atoms with Gasteiger partial charge in [0.25, 0.3) is 0 Å². The average Bonchev–Trinajstić information content (AvgIpc) is 3.13. The Balaban J connectivity index is 1.73. The number of nitrogens with zero attached hydrogens (tertiary/aromatic N) is 4. The highest BCUT2D eigenvalue weighted by Gasteiger charge is 2.45. The lowest BCUT2D eigenvalue weighted by Gasteiger charge is -2.26. The Morgan fingerprint density at radius 3 is 2.95 bits per heavy atom. The van der Waals surface area contributed by atoms with Crippen LogP contribution < -0.4 is 0 Å². The van der Waals surface area contributed by atoms with Crippen molar-refractivity contribution in [2.24, 2.45) is 0 Å². The first-order valence-corrected chi connectivity index (χ1v) is 6.46. The van der Waals surface area contributed by atoms with Crippen LogP contribution in [0.2, 0.25) is 0 Å². The molecule has 1 aromatic carbocycles. The molecular formula is C13H12N4O3. The third-order valence-electron chi connectivity index (χ3n) is 3.65. The smallest absolute Gasteiger partial charge is 0.218 e. The largest absolute Gasteiger partial charge is 0.343 e. The fraction of sp³-hybridized carbons (Fsp3) is 0.385. The lowest BCUT2D eigenvalue weighted by Crippen LogP contribution is -2.37. The van der Waals surface area contributed by atoms with Gasteiger partial charge >= 0.3 is 0 Å². The summed E-state index contributed by atoms with van der Waals surface area (Å²) in [7, 11) is 0. The van der Waals surface area contributed by atoms with Gasteiger partial charge in [-0.15, -0.1) is 5.10 Å². The predicted molar refractivity (Wildman–Crippen MR) is 66.5 cm³/mol. The molecule has 2 aromatic rings. The van der Waals surface area contributed by atoms with E-state index in [0.717, 1.165) is 5.56 Å². The molecule has 20 heavy (non-hydrogen) atoms. The maximum absolute atomic E-state index is 11.9. The highest BCUT2D eigenvalue weighted by molar-refractivity contribution is 5.83. The van der Waals surface area contributed by atoms with Gasteiger partial charge in [-0.1, -0.05) is 30.3 Å². The predicted octanol–water partition coefficient (Wildman–Crippen LogP) is 0.595. The highest BCUT2D eigenvalue weighted by Crippen LogP contribution is 2.34. The lowest BCUT2D eigenvalue weighted by atomic mass is 10.0. The van der Waals surface area contributed by atoms with Crippen LogP contribution in [0.1, 0.15) is 12.5 Å². The molecule has 2 aliphatic rings. The van der Waals surface area contributed by atoms with E-state index in [9.17, 15) is 4.79 Å². The fourth-order valence-corrected chi connectivity index (χ4v) is 2.66. The Morgan fingerprint density at radius 2 is 2.10 bits per heavy atom. The Labute approximate surface area is 114 Å². The molecule has 3 atom stereocenters. The Morgan fingerprint density at radius 1 is 1.25 bits per heavy atom. The first-order chi connectivity index (χ1) is 9.83. The molecule has 0 amide bonds. The zero-order chi connectivity index (χ0) is 13.5. The highest BCUT2D eigenvalue weighted by atomic mass is 16.7. The van der Waals surface area contributed by atoms with Gasteiger partial charge in [0.05, 0.1) is 12.6 Å². The normalized spacial score (nSPS) is 28.8. The van der Waals surface area contributed by atoms with Crippen LogP contribution >= 0.6 is 0 Å². The van der Waals surface area contributed by atoms with Crippen molar-refractivity contribution in [3.8, 4) is 11.4 Å². The molecule has 102 valence electrons. The minimum absolute atomic E-state index is 0.0572. The van der Waals surface area contributed by atoms with Crippen molar-refractivity contribution in [3.63, 3.8) is 0 Å². The third-order valence-corrected chi connectivity index (χ3v) is 3.65. The Bertz CT molecular complexity index is 642. The number of fused-ring (bicyclic) bond motifs is 2. The van der Waals surface area contributed by atoms with Crippen LogP contribution in [-0.2, 0) is 14.3 Å². The van der Waals surface area contributed by atoms with Gasteiger partial charge in [0.15, 0.2) is 11.6 Å². The van der Waals surface area contributed by atoms with E-state index < -0.39 is 6.29 Å². The quantitative estimate of drug-likeness (QED) is 0.796. The van der Waals surface area contributed by atoms with Gasteiger partial charge in [-0.2, -0.15) is 0 Å². The maximum atomic E-state index is 11.9. The van der Waals surface area contributed by atoms with E-state index in [2.05, 4.69) is 15.5 Å². The van der Waals surface area contributed by atoms with Gasteiger partial charge in [0.1, 0.15) is 6.10 Å². The molecule has 7 nitrogen and oxygen atoms in total. The van der Waals surface area contributed by atoms with Crippen LogP contribution in [0.3, 0.4) is 0 Å². The molecule has 0 spiro atoms. The molecule has 1 aromatic heterocycles. The number of carbonyl (C=O) groups excluding carboxylic acids is 1. The van der Waals surface area contributed by atoms with Crippen molar-refractivity contribution in [2.45, 2.75) is 24.9 Å². The van der Waals surface area contributed by atoms with Crippen molar-refractivity contribution >= 4 is 5.78 Å². The molecule has 2 fully saturated rings. The zero-order valence-electron chi connectivity index (χ0n) is 10.5. The molecule has 0 radical (unpaired) electrons. The summed E-state index contributed by atoms with van der Waals surface area (Å²) in [6.07, 6.45) is -0.545. The van der Waals surface area contributed by atoms with Gasteiger partial charge in [-0.3, -0.25) is 4.79 Å². The number of ether oxygens (including phenoxy) is 2. The van der Waals surface area contributed by atoms with Gasteiger partial charge in [-0.25, -0.2) is 4.68 Å². The number of hydrogen-bond acceptors (Lipinski definition) is 6. The number of rotatable bonds is 2. The van der Waals surface area contributed by atoms with Crippen molar-refractivity contribution in [3.05, 3.63) is 30.3 Å². The summed E-state index contributed by atoms with van der Waals surface area (Å²) < 4.78 is 12.5. The number of tetrazole rings is 1. The number of aromatic nitrogens is 4. The number of benzene rings is 1. The lowest BCUT2D eigenvalue weighted by molar-refractivity contribution is -0.156. The van der Waals surface area contributed by atoms with Crippen molar-refractivity contribution in [2.75, 3.05) is 6.61 Å². The summed E-state index contributed by atoms with van der Waals surface area (Å²) >= 11 is 0. The molecule has 3 heterocycles. The SMILES string of the molecule is O=C1C[C@@H](n2nnnc2-c2ccccc2)[C@@H]2CO[C@H]1O2. The number of ketones is 1. The summed E-state index contributed by atoms with van der Waals surface area (Å²) in [5, 5.41) is 11.8. The number of Topliss-reactive ketones (excluding diaryl/α,β-unsaturated/α-hetero) is 1. The standard InChI is InChI=1S/C13H12N4O3/c18-10-6-9(11-7-19-13(10)20-11)17-12(14-15-16-17)8-4-2-1-3-5-8/h1-5,9,11,13H,6-7H2/t9-,11+,13+/m1/s1. The molecule has 2 bridgehead atoms. The van der Waals surface area contributed by atoms with E-state index in [-0.39, 0.29) is 17.9 Å². The zero-order valence-corrected chi connectivity index (χ0v) is 10.5. The van der Waals surface area contributed by atoms with Crippen LogP contribution in [0.4, 0.5) is 0 Å². The van der Waals surface area contributed by atoms with E-state index in [1.54, 1.807) is 4.68 Å². The summed E-state index contributed by atoms with van der Waals surface area (Å²) in [6.45, 7) is 0.398. The van der Waals surface area contributed by atoms with Crippen LogP contribution in [0, 0.1) is 0 Å². The van der Waals surface area contributed by atoms with E-state index in [1.807, 2.05) is 30.3 Å². The molecule has 2 saturated heterocycles. The molecule has 0 N–H and O–H groups in total. The van der Waals surface area contributed by atoms with Gasteiger partial charge in [0, 0.05) is 12.0 Å². The van der Waals surface area contributed by atoms with Crippen molar-refractivity contribution < 1.29 is 14.3 Å². The second-order valence-electron chi connectivity index (χ2n) is 4.89. The van der Waals surface area contributed by atoms with Crippen LogP contribution in [0.25, 0.3) is 11.4 Å². The van der Waals surface area contributed by atoms with Crippen molar-refractivity contribution in [1.82, 2.24) is 20.2 Å². The minimum Gasteiger partial charge on any atom is -0.343 e. The summed E-state index contributed by atoms with van der Waals surface area (Å²) in [4.78, 5) is 11.9. The fourth-order valence-electron chi connectivity index (χ4n) is 2.66. The summed E-state index contributed by atoms with van der Waals surface area (Å²) in [5.74, 6) is 0.579. The van der Waals surface area contributed by atoms with Gasteiger partial charge in [-0.05, 0) is 10.4 Å². The van der Waals surface area contributed by atoms with Crippen molar-refractivity contribution in [1.29, 1.82) is 0 Å². The molecule has 4 rings (SSSR count). The maximum Gasteiger partial charge on any atom is 0.218 e. The van der Waals surface area contributed by atoms with E-state index >= 15 is 0 Å². The molecule has 0 unspecified atom stereocenters. The molecule has 0 aliphatic carbocycles. The summed E-state index contributed by atoms with van der Waals surface area (Å²) in [6, 6.07) is 9.42. The van der Waals surface area contributed by atoms with Gasteiger partial charge in [0.2, 0.25) is 6.29 Å².